The Morgan fingerprint density at radius 3 is 2.88 bits per heavy atom. The van der Waals surface area contributed by atoms with Crippen LogP contribution in [0.4, 0.5) is 4.39 Å². The number of H-pyrrole nitrogens is 2. The van der Waals surface area contributed by atoms with E-state index in [2.05, 4.69) is 30.7 Å². The summed E-state index contributed by atoms with van der Waals surface area (Å²) in [6.45, 7) is 1.70. The molecule has 0 saturated heterocycles. The summed E-state index contributed by atoms with van der Waals surface area (Å²) < 4.78 is 14.5. The first-order valence-electron chi connectivity index (χ1n) is 10.2. The number of hydrogen-bond acceptors (Lipinski definition) is 5. The third-order valence-corrected chi connectivity index (χ3v) is 5.95. The number of nitrogens with zero attached hydrogens (tertiary/aromatic N) is 4. The van der Waals surface area contributed by atoms with Crippen molar-refractivity contribution in [2.75, 3.05) is 6.54 Å². The number of halogens is 2. The van der Waals surface area contributed by atoms with E-state index in [1.807, 2.05) is 24.4 Å². The Bertz CT molecular complexity index is 1470. The molecule has 5 heterocycles. The van der Waals surface area contributed by atoms with Crippen LogP contribution >= 0.6 is 11.6 Å². The Kier molecular flexibility index (Phi) is 4.48. The van der Waals surface area contributed by atoms with Gasteiger partial charge in [-0.15, -0.1) is 0 Å². The normalized spacial score (nSPS) is 13.4. The summed E-state index contributed by atoms with van der Waals surface area (Å²) in [5.74, 6) is -0.398. The first-order chi connectivity index (χ1) is 15.7. The SMILES string of the molecule is Fc1ccc(Cl)cc1-c1n[nH]cc1-c1ccc2ncc(-c3[nH]nc4c3CNCC4)cc2n1. The first-order valence-corrected chi connectivity index (χ1v) is 10.6. The first kappa shape index (κ1) is 19.1. The van der Waals surface area contributed by atoms with Crippen molar-refractivity contribution in [3.63, 3.8) is 0 Å². The third kappa shape index (κ3) is 3.16. The molecule has 0 bridgehead atoms. The van der Waals surface area contributed by atoms with E-state index < -0.39 is 5.82 Å². The van der Waals surface area contributed by atoms with E-state index >= 15 is 0 Å². The van der Waals surface area contributed by atoms with Crippen molar-refractivity contribution >= 4 is 22.6 Å². The van der Waals surface area contributed by atoms with E-state index in [1.54, 1.807) is 12.3 Å². The molecule has 0 fully saturated rings. The predicted octanol–water partition coefficient (Wildman–Crippen LogP) is 4.52. The highest BCUT2D eigenvalue weighted by atomic mass is 35.5. The zero-order valence-corrected chi connectivity index (χ0v) is 17.5. The molecule has 9 heteroatoms. The fraction of sp³-hybridized carbons (Fsp3) is 0.130. The van der Waals surface area contributed by atoms with E-state index in [0.717, 1.165) is 47.5 Å². The van der Waals surface area contributed by atoms with Gasteiger partial charge in [0.15, 0.2) is 0 Å². The van der Waals surface area contributed by atoms with Gasteiger partial charge in [-0.1, -0.05) is 11.6 Å². The third-order valence-electron chi connectivity index (χ3n) is 5.72. The van der Waals surface area contributed by atoms with Gasteiger partial charge in [0.25, 0.3) is 0 Å². The Balaban J connectivity index is 1.45. The fourth-order valence-corrected chi connectivity index (χ4v) is 4.29. The van der Waals surface area contributed by atoms with Gasteiger partial charge in [-0.2, -0.15) is 10.2 Å². The molecule has 0 aliphatic carbocycles. The second kappa shape index (κ2) is 7.51. The standard InChI is InChI=1S/C23H17ClFN7/c24-13-1-2-17(25)14(8-13)23-16(11-28-31-23)18-3-4-20-21(29-18)7-12(9-27-20)22-15-10-26-6-5-19(15)30-32-22/h1-4,7-9,11,26H,5-6,10H2,(H,28,31)(H,30,32). The molecule has 32 heavy (non-hydrogen) atoms. The van der Waals surface area contributed by atoms with Crippen LogP contribution in [-0.2, 0) is 13.0 Å². The Hall–Kier alpha value is -3.62. The number of fused-ring (bicyclic) bond motifs is 2. The fourth-order valence-electron chi connectivity index (χ4n) is 4.12. The van der Waals surface area contributed by atoms with Crippen LogP contribution in [0.5, 0.6) is 0 Å². The molecule has 0 saturated carbocycles. The predicted molar refractivity (Wildman–Crippen MR) is 121 cm³/mol. The number of rotatable bonds is 3. The highest BCUT2D eigenvalue weighted by molar-refractivity contribution is 6.30. The molecule has 6 rings (SSSR count). The van der Waals surface area contributed by atoms with Crippen LogP contribution in [0.2, 0.25) is 5.02 Å². The zero-order valence-electron chi connectivity index (χ0n) is 16.8. The van der Waals surface area contributed by atoms with E-state index in [4.69, 9.17) is 16.6 Å². The van der Waals surface area contributed by atoms with E-state index in [9.17, 15) is 4.39 Å². The molecule has 1 aliphatic rings. The van der Waals surface area contributed by atoms with E-state index in [0.29, 0.717) is 27.5 Å². The lowest BCUT2D eigenvalue weighted by molar-refractivity contribution is 0.630. The van der Waals surface area contributed by atoms with Crippen LogP contribution in [0.1, 0.15) is 11.3 Å². The van der Waals surface area contributed by atoms with Crippen LogP contribution in [0, 0.1) is 5.82 Å². The van der Waals surface area contributed by atoms with E-state index in [1.165, 1.54) is 17.7 Å². The largest absolute Gasteiger partial charge is 0.312 e. The maximum Gasteiger partial charge on any atom is 0.132 e. The molecule has 0 unspecified atom stereocenters. The van der Waals surface area contributed by atoms with Crippen LogP contribution in [0.3, 0.4) is 0 Å². The van der Waals surface area contributed by atoms with Gasteiger partial charge in [0.05, 0.1) is 28.1 Å². The zero-order chi connectivity index (χ0) is 21.7. The van der Waals surface area contributed by atoms with Crippen molar-refractivity contribution < 1.29 is 4.39 Å². The van der Waals surface area contributed by atoms with Crippen LogP contribution in [0.25, 0.3) is 44.8 Å². The van der Waals surface area contributed by atoms with Gasteiger partial charge < -0.3 is 5.32 Å². The van der Waals surface area contributed by atoms with Crippen molar-refractivity contribution in [1.82, 2.24) is 35.7 Å². The topological polar surface area (TPSA) is 95.2 Å². The van der Waals surface area contributed by atoms with Gasteiger partial charge in [-0.3, -0.25) is 15.2 Å². The molecule has 0 atom stereocenters. The van der Waals surface area contributed by atoms with Crippen LogP contribution in [-0.4, -0.2) is 36.9 Å². The Morgan fingerprint density at radius 2 is 1.94 bits per heavy atom. The minimum atomic E-state index is -0.398. The minimum absolute atomic E-state index is 0.319. The number of benzene rings is 1. The van der Waals surface area contributed by atoms with Gasteiger partial charge in [0, 0.05) is 59.2 Å². The number of aromatic amines is 2. The summed E-state index contributed by atoms with van der Waals surface area (Å²) in [5, 5.41) is 18.5. The lowest BCUT2D eigenvalue weighted by Gasteiger charge is -2.13. The minimum Gasteiger partial charge on any atom is -0.312 e. The molecular formula is C23H17ClFN7. The Morgan fingerprint density at radius 1 is 1.00 bits per heavy atom. The molecule has 3 N–H and O–H groups in total. The van der Waals surface area contributed by atoms with Gasteiger partial charge in [-0.05, 0) is 36.4 Å². The van der Waals surface area contributed by atoms with Crippen LogP contribution in [0.15, 0.2) is 48.8 Å². The molecule has 0 spiro atoms. The lowest BCUT2D eigenvalue weighted by atomic mass is 10.0. The molecule has 7 nitrogen and oxygen atoms in total. The molecule has 0 amide bonds. The summed E-state index contributed by atoms with van der Waals surface area (Å²) in [4.78, 5) is 9.39. The van der Waals surface area contributed by atoms with Crippen LogP contribution < -0.4 is 5.32 Å². The summed E-state index contributed by atoms with van der Waals surface area (Å²) in [6.07, 6.45) is 4.44. The van der Waals surface area contributed by atoms with Gasteiger partial charge in [0.1, 0.15) is 11.5 Å². The number of aromatic nitrogens is 6. The molecule has 5 aromatic rings. The quantitative estimate of drug-likeness (QED) is 0.379. The number of pyridine rings is 2. The second-order valence-electron chi connectivity index (χ2n) is 7.68. The monoisotopic (exact) mass is 445 g/mol. The highest BCUT2D eigenvalue weighted by Gasteiger charge is 2.19. The van der Waals surface area contributed by atoms with Crippen molar-refractivity contribution in [2.24, 2.45) is 0 Å². The number of hydrogen-bond donors (Lipinski definition) is 3. The summed E-state index contributed by atoms with van der Waals surface area (Å²) in [5.41, 5.74) is 7.75. The maximum absolute atomic E-state index is 14.5. The average molecular weight is 446 g/mol. The average Bonchev–Trinajstić information content (AvgIpc) is 3.47. The molecule has 158 valence electrons. The molecular weight excluding hydrogens is 429 g/mol. The highest BCUT2D eigenvalue weighted by Crippen LogP contribution is 2.33. The molecule has 1 aliphatic heterocycles. The second-order valence-corrected chi connectivity index (χ2v) is 8.12. The summed E-state index contributed by atoms with van der Waals surface area (Å²) in [6, 6.07) is 10.2. The summed E-state index contributed by atoms with van der Waals surface area (Å²) >= 11 is 6.09. The number of nitrogens with one attached hydrogen (secondary N) is 3. The van der Waals surface area contributed by atoms with Gasteiger partial charge in [-0.25, -0.2) is 9.37 Å². The van der Waals surface area contributed by atoms with Crippen molar-refractivity contribution in [3.05, 3.63) is 70.9 Å². The molecule has 0 radical (unpaired) electrons. The molecule has 1 aromatic carbocycles. The Labute approximate surface area is 187 Å². The smallest absolute Gasteiger partial charge is 0.132 e. The van der Waals surface area contributed by atoms with Crippen molar-refractivity contribution in [2.45, 2.75) is 13.0 Å². The lowest BCUT2D eigenvalue weighted by Crippen LogP contribution is -2.23. The summed E-state index contributed by atoms with van der Waals surface area (Å²) in [7, 11) is 0. The van der Waals surface area contributed by atoms with Gasteiger partial charge in [0.2, 0.25) is 0 Å². The van der Waals surface area contributed by atoms with Gasteiger partial charge >= 0.3 is 0 Å². The van der Waals surface area contributed by atoms with Crippen molar-refractivity contribution in [1.29, 1.82) is 0 Å². The van der Waals surface area contributed by atoms with Crippen molar-refractivity contribution in [3.8, 4) is 33.8 Å². The van der Waals surface area contributed by atoms with E-state index in [-0.39, 0.29) is 0 Å². The maximum atomic E-state index is 14.5. The molecule has 4 aromatic heterocycles.